The number of amides is 2. The number of methoxy groups -OCH3 is 2. The summed E-state index contributed by atoms with van der Waals surface area (Å²) >= 11 is 0. The van der Waals surface area contributed by atoms with Crippen molar-refractivity contribution in [3.8, 4) is 11.5 Å². The standard InChI is InChI=1S/C29H28N6O9S2/c1-42-27-16-22(34-32-20-7-4-6-19(14-20)18-45(37,38)39)10-12-25(27)30-29(36)31-26-13-11-23(17-28(26)43-2)35-33-21-8-5-9-24(15-21)46(40,41)44-3/h4-17H,18H2,1-3H3,(H2,30,31,36)(H,37,38,39). The number of carbonyl (C=O) groups is 1. The van der Waals surface area contributed by atoms with Gasteiger partial charge in [-0.25, -0.2) is 4.79 Å². The van der Waals surface area contributed by atoms with Gasteiger partial charge in [0.1, 0.15) is 17.3 Å². The molecule has 240 valence electrons. The lowest BCUT2D eigenvalue weighted by molar-refractivity contribution is 0.262. The third kappa shape index (κ3) is 9.38. The van der Waals surface area contributed by atoms with E-state index in [0.29, 0.717) is 34.0 Å². The molecule has 0 atom stereocenters. The van der Waals surface area contributed by atoms with Gasteiger partial charge < -0.3 is 20.1 Å². The molecule has 0 spiro atoms. The van der Waals surface area contributed by atoms with Crippen LogP contribution in [-0.4, -0.2) is 48.7 Å². The first-order valence-electron chi connectivity index (χ1n) is 13.1. The van der Waals surface area contributed by atoms with Gasteiger partial charge in [0.15, 0.2) is 0 Å². The van der Waals surface area contributed by atoms with Crippen LogP contribution in [0.4, 0.5) is 38.9 Å². The Morgan fingerprint density at radius 2 is 1.15 bits per heavy atom. The Labute approximate surface area is 264 Å². The van der Waals surface area contributed by atoms with Crippen molar-refractivity contribution in [1.29, 1.82) is 0 Å². The zero-order valence-corrected chi connectivity index (χ0v) is 26.2. The Hall–Kier alpha value is -5.23. The van der Waals surface area contributed by atoms with E-state index < -0.39 is 32.0 Å². The summed E-state index contributed by atoms with van der Waals surface area (Å²) in [5.74, 6) is 0.0244. The Morgan fingerprint density at radius 1 is 0.674 bits per heavy atom. The fraction of sp³-hybridized carbons (Fsp3) is 0.138. The Balaban J connectivity index is 1.43. The molecular weight excluding hydrogens is 640 g/mol. The summed E-state index contributed by atoms with van der Waals surface area (Å²) in [7, 11) is -4.18. The average Bonchev–Trinajstić information content (AvgIpc) is 3.03. The van der Waals surface area contributed by atoms with E-state index >= 15 is 0 Å². The molecule has 0 unspecified atom stereocenters. The van der Waals surface area contributed by atoms with Crippen LogP contribution in [0.25, 0.3) is 0 Å². The predicted octanol–water partition coefficient (Wildman–Crippen LogP) is 6.90. The highest BCUT2D eigenvalue weighted by Gasteiger charge is 2.14. The van der Waals surface area contributed by atoms with E-state index in [1.807, 2.05) is 0 Å². The lowest BCUT2D eigenvalue weighted by Crippen LogP contribution is -2.20. The lowest BCUT2D eigenvalue weighted by atomic mass is 10.2. The van der Waals surface area contributed by atoms with Gasteiger partial charge in [-0.1, -0.05) is 18.2 Å². The maximum Gasteiger partial charge on any atom is 0.323 e. The molecule has 17 heteroatoms. The second kappa shape index (κ2) is 14.7. The van der Waals surface area contributed by atoms with E-state index in [1.165, 1.54) is 44.6 Å². The fourth-order valence-corrected chi connectivity index (χ4v) is 5.22. The number of hydrogen-bond donors (Lipinski definition) is 3. The molecule has 0 aliphatic carbocycles. The van der Waals surface area contributed by atoms with Crippen molar-refractivity contribution in [3.05, 3.63) is 90.5 Å². The Bertz CT molecular complexity index is 2020. The number of ether oxygens (including phenoxy) is 2. The summed E-state index contributed by atoms with van der Waals surface area (Å²) in [4.78, 5) is 12.8. The van der Waals surface area contributed by atoms with E-state index in [-0.39, 0.29) is 22.1 Å². The van der Waals surface area contributed by atoms with Crippen molar-refractivity contribution in [2.75, 3.05) is 32.0 Å². The van der Waals surface area contributed by atoms with Crippen molar-refractivity contribution >= 4 is 60.4 Å². The normalized spacial score (nSPS) is 11.9. The minimum atomic E-state index is -4.19. The van der Waals surface area contributed by atoms with Gasteiger partial charge in [0, 0.05) is 12.1 Å². The molecule has 15 nitrogen and oxygen atoms in total. The molecule has 3 N–H and O–H groups in total. The first kappa shape index (κ1) is 33.7. The summed E-state index contributed by atoms with van der Waals surface area (Å²) in [6, 6.07) is 20.8. The number of anilines is 2. The van der Waals surface area contributed by atoms with Gasteiger partial charge in [0.05, 0.1) is 60.3 Å². The monoisotopic (exact) mass is 668 g/mol. The summed E-state index contributed by atoms with van der Waals surface area (Å²) in [5.41, 5.74) is 2.42. The third-order valence-electron chi connectivity index (χ3n) is 6.01. The van der Waals surface area contributed by atoms with Crippen LogP contribution in [0.5, 0.6) is 11.5 Å². The minimum Gasteiger partial charge on any atom is -0.494 e. The zero-order valence-electron chi connectivity index (χ0n) is 24.6. The summed E-state index contributed by atoms with van der Waals surface area (Å²) < 4.78 is 70.5. The highest BCUT2D eigenvalue weighted by atomic mass is 32.2. The maximum absolute atomic E-state index is 12.8. The molecule has 0 saturated carbocycles. The smallest absolute Gasteiger partial charge is 0.323 e. The molecule has 0 heterocycles. The number of benzene rings is 4. The van der Waals surface area contributed by atoms with Crippen molar-refractivity contribution in [3.63, 3.8) is 0 Å². The van der Waals surface area contributed by atoms with Crippen LogP contribution in [-0.2, 0) is 30.2 Å². The van der Waals surface area contributed by atoms with Crippen LogP contribution in [0.1, 0.15) is 5.56 Å². The number of nitrogens with one attached hydrogen (secondary N) is 2. The summed E-state index contributed by atoms with van der Waals surface area (Å²) in [6.07, 6.45) is 0. The molecule has 0 bridgehead atoms. The molecule has 0 radical (unpaired) electrons. The van der Waals surface area contributed by atoms with E-state index in [0.717, 1.165) is 7.11 Å². The molecule has 4 aromatic rings. The number of urea groups is 1. The summed E-state index contributed by atoms with van der Waals surface area (Å²) in [5, 5.41) is 21.8. The third-order valence-corrected chi connectivity index (χ3v) is 7.98. The maximum atomic E-state index is 12.8. The van der Waals surface area contributed by atoms with Crippen LogP contribution in [0, 0.1) is 0 Å². The molecule has 4 aromatic carbocycles. The van der Waals surface area contributed by atoms with E-state index in [2.05, 4.69) is 35.3 Å². The molecule has 0 aliphatic rings. The second-order valence-corrected chi connectivity index (χ2v) is 12.4. The van der Waals surface area contributed by atoms with Crippen molar-refractivity contribution in [2.24, 2.45) is 20.5 Å². The molecule has 0 aromatic heterocycles. The Kier molecular flexibility index (Phi) is 10.8. The predicted molar refractivity (Wildman–Crippen MR) is 169 cm³/mol. The van der Waals surface area contributed by atoms with E-state index in [1.54, 1.807) is 54.6 Å². The molecule has 0 saturated heterocycles. The fourth-order valence-electron chi connectivity index (χ4n) is 3.91. The van der Waals surface area contributed by atoms with Gasteiger partial charge in [0.2, 0.25) is 0 Å². The highest BCUT2D eigenvalue weighted by Crippen LogP contribution is 2.33. The Morgan fingerprint density at radius 3 is 1.63 bits per heavy atom. The number of azo groups is 2. The van der Waals surface area contributed by atoms with Gasteiger partial charge >= 0.3 is 6.03 Å². The van der Waals surface area contributed by atoms with Crippen molar-refractivity contribution in [1.82, 2.24) is 0 Å². The van der Waals surface area contributed by atoms with Gasteiger partial charge in [-0.05, 0) is 60.2 Å². The number of rotatable bonds is 12. The van der Waals surface area contributed by atoms with Crippen molar-refractivity contribution < 1.29 is 39.8 Å². The number of hydrogen-bond acceptors (Lipinski definition) is 12. The molecule has 2 amide bonds. The van der Waals surface area contributed by atoms with Crippen LogP contribution in [0.3, 0.4) is 0 Å². The zero-order chi connectivity index (χ0) is 33.3. The quantitative estimate of drug-likeness (QED) is 0.0813. The van der Waals surface area contributed by atoms with Gasteiger partial charge in [0.25, 0.3) is 20.2 Å². The molecule has 4 rings (SSSR count). The summed E-state index contributed by atoms with van der Waals surface area (Å²) in [6.45, 7) is 0. The highest BCUT2D eigenvalue weighted by molar-refractivity contribution is 7.86. The molecule has 0 aliphatic heterocycles. The van der Waals surface area contributed by atoms with E-state index in [4.69, 9.17) is 14.0 Å². The largest absolute Gasteiger partial charge is 0.494 e. The van der Waals surface area contributed by atoms with Crippen LogP contribution < -0.4 is 20.1 Å². The average molecular weight is 669 g/mol. The van der Waals surface area contributed by atoms with Gasteiger partial charge in [-0.3, -0.25) is 8.74 Å². The van der Waals surface area contributed by atoms with E-state index in [9.17, 15) is 21.6 Å². The molecular formula is C29H28N6O9S2. The van der Waals surface area contributed by atoms with Crippen LogP contribution in [0.2, 0.25) is 0 Å². The van der Waals surface area contributed by atoms with Crippen LogP contribution in [0.15, 0.2) is 110 Å². The van der Waals surface area contributed by atoms with Crippen LogP contribution >= 0.6 is 0 Å². The first-order valence-corrected chi connectivity index (χ1v) is 16.1. The number of carbonyl (C=O) groups excluding carboxylic acids is 1. The SMILES string of the molecule is COc1cc(N=Nc2cccc(CS(=O)(=O)O)c2)ccc1NC(=O)Nc1ccc(N=Nc2cccc(S(=O)(=O)OC)c2)cc1OC. The first-order chi connectivity index (χ1) is 21.9. The van der Waals surface area contributed by atoms with Gasteiger partial charge in [-0.15, -0.1) is 0 Å². The lowest BCUT2D eigenvalue weighted by Gasteiger charge is -2.13. The van der Waals surface area contributed by atoms with Gasteiger partial charge in [-0.2, -0.15) is 37.3 Å². The topological polar surface area (TPSA) is 207 Å². The molecule has 0 fully saturated rings. The number of nitrogens with zero attached hydrogens (tertiary/aromatic N) is 4. The molecule has 46 heavy (non-hydrogen) atoms. The second-order valence-electron chi connectivity index (χ2n) is 9.26. The van der Waals surface area contributed by atoms with Crippen molar-refractivity contribution in [2.45, 2.75) is 10.6 Å². The minimum absolute atomic E-state index is 0.0629.